The molecule has 0 aromatic heterocycles. The molecule has 0 spiro atoms. The smallest absolute Gasteiger partial charge is 0.263 e. The number of amides is 1. The number of hydrogen-bond acceptors (Lipinski definition) is 4. The van der Waals surface area contributed by atoms with Gasteiger partial charge in [-0.3, -0.25) is 9.69 Å². The van der Waals surface area contributed by atoms with Gasteiger partial charge in [0, 0.05) is 45.5 Å². The average Bonchev–Trinajstić information content (AvgIpc) is 2.73. The van der Waals surface area contributed by atoms with Gasteiger partial charge in [0.1, 0.15) is 11.6 Å². The van der Waals surface area contributed by atoms with E-state index in [9.17, 15) is 10.1 Å². The van der Waals surface area contributed by atoms with Crippen LogP contribution in [-0.4, -0.2) is 41.9 Å². The molecule has 1 saturated heterocycles. The van der Waals surface area contributed by atoms with Crippen LogP contribution in [0.3, 0.4) is 0 Å². The van der Waals surface area contributed by atoms with E-state index in [1.807, 2.05) is 42.5 Å². The van der Waals surface area contributed by atoms with E-state index < -0.39 is 0 Å². The molecule has 0 bridgehead atoms. The highest BCUT2D eigenvalue weighted by molar-refractivity contribution is 5.97. The molecule has 1 heterocycles. The number of carbonyl (C=O) groups excluding carboxylic acids is 1. The molecule has 5 heteroatoms. The van der Waals surface area contributed by atoms with E-state index in [4.69, 9.17) is 0 Å². The van der Waals surface area contributed by atoms with Crippen LogP contribution in [0.25, 0.3) is 0 Å². The van der Waals surface area contributed by atoms with E-state index in [1.165, 1.54) is 5.56 Å². The van der Waals surface area contributed by atoms with Gasteiger partial charge in [0.15, 0.2) is 0 Å². The van der Waals surface area contributed by atoms with Gasteiger partial charge in [0.2, 0.25) is 0 Å². The monoisotopic (exact) mass is 360 g/mol. The number of nitrogens with one attached hydrogen (secondary N) is 1. The normalized spacial score (nSPS) is 15.2. The van der Waals surface area contributed by atoms with Crippen LogP contribution >= 0.6 is 0 Å². The van der Waals surface area contributed by atoms with Gasteiger partial charge in [-0.15, -0.1) is 0 Å². The van der Waals surface area contributed by atoms with Crippen molar-refractivity contribution < 1.29 is 4.79 Å². The molecule has 138 valence electrons. The third-order valence-electron chi connectivity index (χ3n) is 4.63. The van der Waals surface area contributed by atoms with Crippen molar-refractivity contribution in [1.29, 1.82) is 5.26 Å². The fourth-order valence-electron chi connectivity index (χ4n) is 3.09. The zero-order valence-electron chi connectivity index (χ0n) is 15.3. The Morgan fingerprint density at radius 1 is 0.963 bits per heavy atom. The number of nitrogens with zero attached hydrogens (tertiary/aromatic N) is 3. The fraction of sp³-hybridized carbons (Fsp3) is 0.273. The van der Waals surface area contributed by atoms with Crippen LogP contribution in [0.4, 0.5) is 0 Å². The first-order valence-electron chi connectivity index (χ1n) is 9.19. The lowest BCUT2D eigenvalue weighted by molar-refractivity contribution is -0.117. The fourth-order valence-corrected chi connectivity index (χ4v) is 3.09. The third kappa shape index (κ3) is 5.70. The van der Waals surface area contributed by atoms with E-state index in [0.29, 0.717) is 6.54 Å². The molecule has 1 amide bonds. The predicted octanol–water partition coefficient (Wildman–Crippen LogP) is 2.53. The summed E-state index contributed by atoms with van der Waals surface area (Å²) < 4.78 is 0. The van der Waals surface area contributed by atoms with Crippen molar-refractivity contribution in [1.82, 2.24) is 15.1 Å². The van der Waals surface area contributed by atoms with Crippen molar-refractivity contribution in [3.63, 3.8) is 0 Å². The summed E-state index contributed by atoms with van der Waals surface area (Å²) in [5, 5.41) is 12.2. The minimum atomic E-state index is -0.326. The molecule has 0 atom stereocenters. The van der Waals surface area contributed by atoms with Crippen LogP contribution in [0, 0.1) is 11.3 Å². The Kier molecular flexibility index (Phi) is 6.61. The number of hydrogen-bond donors (Lipinski definition) is 1. The molecule has 1 aliphatic heterocycles. The molecular formula is C22H24N4O. The van der Waals surface area contributed by atoms with Crippen LogP contribution < -0.4 is 5.32 Å². The average molecular weight is 360 g/mol. The maximum Gasteiger partial charge on any atom is 0.263 e. The van der Waals surface area contributed by atoms with Crippen LogP contribution in [0.5, 0.6) is 0 Å². The zero-order chi connectivity index (χ0) is 18.9. The van der Waals surface area contributed by atoms with Gasteiger partial charge < -0.3 is 10.2 Å². The Bertz CT molecular complexity index is 803. The third-order valence-corrected chi connectivity index (χ3v) is 4.63. The number of piperazine rings is 1. The van der Waals surface area contributed by atoms with E-state index in [0.717, 1.165) is 38.3 Å². The molecule has 0 aliphatic carbocycles. The molecule has 0 saturated carbocycles. The first-order chi connectivity index (χ1) is 13.2. The van der Waals surface area contributed by atoms with Gasteiger partial charge in [-0.2, -0.15) is 5.26 Å². The van der Waals surface area contributed by atoms with Crippen molar-refractivity contribution in [2.75, 3.05) is 26.2 Å². The van der Waals surface area contributed by atoms with Gasteiger partial charge in [-0.05, 0) is 11.1 Å². The summed E-state index contributed by atoms with van der Waals surface area (Å²) >= 11 is 0. The Balaban J connectivity index is 1.49. The highest BCUT2D eigenvalue weighted by Gasteiger charge is 2.17. The van der Waals surface area contributed by atoms with Gasteiger partial charge in [-0.1, -0.05) is 60.7 Å². The van der Waals surface area contributed by atoms with Gasteiger partial charge in [0.25, 0.3) is 5.91 Å². The van der Waals surface area contributed by atoms with Gasteiger partial charge >= 0.3 is 0 Å². The summed E-state index contributed by atoms with van der Waals surface area (Å²) in [6.07, 6.45) is 1.69. The summed E-state index contributed by atoms with van der Waals surface area (Å²) in [4.78, 5) is 16.7. The quantitative estimate of drug-likeness (QED) is 0.635. The second-order valence-electron chi connectivity index (χ2n) is 6.62. The second-order valence-corrected chi connectivity index (χ2v) is 6.62. The molecule has 2 aromatic carbocycles. The molecule has 3 rings (SSSR count). The van der Waals surface area contributed by atoms with Crippen molar-refractivity contribution in [3.05, 3.63) is 83.6 Å². The van der Waals surface area contributed by atoms with Gasteiger partial charge in [0.05, 0.1) is 0 Å². The predicted molar refractivity (Wildman–Crippen MR) is 105 cm³/mol. The lowest BCUT2D eigenvalue weighted by atomic mass is 10.2. The largest absolute Gasteiger partial charge is 0.374 e. The molecule has 0 unspecified atom stereocenters. The van der Waals surface area contributed by atoms with E-state index in [2.05, 4.69) is 39.4 Å². The molecule has 0 radical (unpaired) electrons. The highest BCUT2D eigenvalue weighted by atomic mass is 16.1. The Labute approximate surface area is 160 Å². The van der Waals surface area contributed by atoms with Crippen molar-refractivity contribution in [2.45, 2.75) is 13.1 Å². The van der Waals surface area contributed by atoms with E-state index in [1.54, 1.807) is 6.20 Å². The van der Waals surface area contributed by atoms with Crippen molar-refractivity contribution in [3.8, 4) is 6.07 Å². The zero-order valence-corrected chi connectivity index (χ0v) is 15.3. The second kappa shape index (κ2) is 9.56. The standard InChI is InChI=1S/C22H24N4O/c23-15-21(22(27)24-16-19-7-3-1-4-8-19)18-26-13-11-25(12-14-26)17-20-9-5-2-6-10-20/h1-10,18H,11-14,16-17H2,(H,24,27)/b21-18-. The Morgan fingerprint density at radius 2 is 1.56 bits per heavy atom. The minimum absolute atomic E-state index is 0.155. The van der Waals surface area contributed by atoms with Crippen LogP contribution in [-0.2, 0) is 17.9 Å². The SMILES string of the molecule is N#C/C(=C/N1CCN(Cc2ccccc2)CC1)C(=O)NCc1ccccc1. The van der Waals surface area contributed by atoms with E-state index in [-0.39, 0.29) is 11.5 Å². The maximum absolute atomic E-state index is 12.3. The minimum Gasteiger partial charge on any atom is -0.374 e. The molecule has 27 heavy (non-hydrogen) atoms. The first-order valence-corrected chi connectivity index (χ1v) is 9.19. The number of nitriles is 1. The summed E-state index contributed by atoms with van der Waals surface area (Å²) in [6.45, 7) is 4.80. The molecular weight excluding hydrogens is 336 g/mol. The van der Waals surface area contributed by atoms with Crippen LogP contribution in [0.2, 0.25) is 0 Å². The van der Waals surface area contributed by atoms with Gasteiger partial charge in [-0.25, -0.2) is 0 Å². The molecule has 5 nitrogen and oxygen atoms in total. The van der Waals surface area contributed by atoms with Crippen LogP contribution in [0.1, 0.15) is 11.1 Å². The first kappa shape index (κ1) is 18.7. The number of rotatable bonds is 6. The number of benzene rings is 2. The lowest BCUT2D eigenvalue weighted by Crippen LogP contribution is -2.44. The molecule has 2 aromatic rings. The maximum atomic E-state index is 12.3. The lowest BCUT2D eigenvalue weighted by Gasteiger charge is -2.34. The van der Waals surface area contributed by atoms with E-state index >= 15 is 0 Å². The molecule has 1 N–H and O–H groups in total. The summed E-state index contributed by atoms with van der Waals surface area (Å²) in [7, 11) is 0. The summed E-state index contributed by atoms with van der Waals surface area (Å²) in [6, 6.07) is 22.1. The molecule has 1 aliphatic rings. The van der Waals surface area contributed by atoms with Crippen LogP contribution in [0.15, 0.2) is 72.4 Å². The van der Waals surface area contributed by atoms with Crippen molar-refractivity contribution in [2.24, 2.45) is 0 Å². The Morgan fingerprint density at radius 3 is 2.15 bits per heavy atom. The van der Waals surface area contributed by atoms with Crippen molar-refractivity contribution >= 4 is 5.91 Å². The topological polar surface area (TPSA) is 59.4 Å². The Hall–Kier alpha value is -3.10. The highest BCUT2D eigenvalue weighted by Crippen LogP contribution is 2.10. The summed E-state index contributed by atoms with van der Waals surface area (Å²) in [5.74, 6) is -0.326. The summed E-state index contributed by atoms with van der Waals surface area (Å²) in [5.41, 5.74) is 2.47. The molecule has 1 fully saturated rings. The number of carbonyl (C=O) groups is 1.